The molecule has 50 heavy (non-hydrogen) atoms. The lowest BCUT2D eigenvalue weighted by molar-refractivity contribution is -0.112. The summed E-state index contributed by atoms with van der Waals surface area (Å²) in [5.74, 6) is -2.68. The van der Waals surface area contributed by atoms with E-state index in [0.717, 1.165) is 6.07 Å². The molecule has 1 amide bonds. The van der Waals surface area contributed by atoms with Crippen molar-refractivity contribution in [2.24, 2.45) is 4.99 Å². The largest absolute Gasteiger partial charge is 0.477 e. The van der Waals surface area contributed by atoms with Gasteiger partial charge in [0.25, 0.3) is 5.91 Å². The number of rotatable bonds is 8. The quantitative estimate of drug-likeness (QED) is 0.277. The summed E-state index contributed by atoms with van der Waals surface area (Å²) >= 11 is 1.37. The van der Waals surface area contributed by atoms with Crippen molar-refractivity contribution >= 4 is 57.4 Å². The molecule has 0 bridgehead atoms. The van der Waals surface area contributed by atoms with Crippen molar-refractivity contribution in [1.82, 2.24) is 19.0 Å². The summed E-state index contributed by atoms with van der Waals surface area (Å²) in [7, 11) is 0. The van der Waals surface area contributed by atoms with Crippen LogP contribution >= 0.6 is 11.8 Å². The summed E-state index contributed by atoms with van der Waals surface area (Å²) in [6, 6.07) is 8.06. The highest BCUT2D eigenvalue weighted by molar-refractivity contribution is 8.00. The van der Waals surface area contributed by atoms with Crippen LogP contribution in [-0.4, -0.2) is 97.5 Å². The van der Waals surface area contributed by atoms with Gasteiger partial charge >= 0.3 is 11.7 Å². The number of carbonyl (C=O) groups excluding carboxylic acids is 1. The molecule has 2 N–H and O–H groups in total. The van der Waals surface area contributed by atoms with E-state index in [1.54, 1.807) is 17.6 Å². The molecule has 2 fully saturated rings. The smallest absolute Gasteiger partial charge is 0.351 e. The number of amides is 1. The van der Waals surface area contributed by atoms with Crippen LogP contribution in [0.4, 0.5) is 26.0 Å². The summed E-state index contributed by atoms with van der Waals surface area (Å²) in [6.07, 6.45) is 2.11. The van der Waals surface area contributed by atoms with Gasteiger partial charge in [-0.2, -0.15) is 4.98 Å². The number of carbonyl (C=O) groups is 2. The normalized spacial score (nSPS) is 20.3. The van der Waals surface area contributed by atoms with E-state index in [0.29, 0.717) is 49.7 Å². The van der Waals surface area contributed by atoms with Crippen molar-refractivity contribution < 1.29 is 33.3 Å². The first-order chi connectivity index (χ1) is 24.1. The van der Waals surface area contributed by atoms with E-state index in [1.165, 1.54) is 57.9 Å². The first kappa shape index (κ1) is 33.5. The molecule has 5 heterocycles. The number of fused-ring (bicyclic) bond motifs is 2. The number of aromatic carboxylic acids is 1. The molecule has 3 aliphatic rings. The average Bonchev–Trinajstić information content (AvgIpc) is 3.68. The monoisotopic (exact) mass is 707 g/mol. The van der Waals surface area contributed by atoms with Crippen molar-refractivity contribution in [2.75, 3.05) is 55.0 Å². The molecule has 0 aliphatic carbocycles. The molecule has 0 spiro atoms. The summed E-state index contributed by atoms with van der Waals surface area (Å²) < 4.78 is 38.4. The predicted molar refractivity (Wildman–Crippen MR) is 181 cm³/mol. The maximum absolute atomic E-state index is 15.4. The van der Waals surface area contributed by atoms with Gasteiger partial charge < -0.3 is 24.4 Å². The number of aryl methyl sites for hydroxylation is 1. The number of carboxylic acid groups (broad SMARTS) is 1. The second-order valence-electron chi connectivity index (χ2n) is 11.9. The van der Waals surface area contributed by atoms with Crippen LogP contribution in [-0.2, 0) is 16.1 Å². The number of aliphatic hydroxyl groups is 1. The number of ether oxygens (including phenoxy) is 1. The number of carboxylic acids is 1. The number of aromatic nitrogens is 3. The van der Waals surface area contributed by atoms with Crippen LogP contribution < -0.4 is 20.9 Å². The number of hydrogen-bond acceptors (Lipinski definition) is 11. The van der Waals surface area contributed by atoms with E-state index in [4.69, 9.17) is 4.74 Å². The Hall–Kier alpha value is -4.97. The fourth-order valence-electron chi connectivity index (χ4n) is 6.40. The van der Waals surface area contributed by atoms with Gasteiger partial charge in [0.1, 0.15) is 34.6 Å². The fourth-order valence-corrected chi connectivity index (χ4v) is 7.34. The van der Waals surface area contributed by atoms with Gasteiger partial charge in [0.15, 0.2) is 5.82 Å². The topological polar surface area (TPSA) is 163 Å². The summed E-state index contributed by atoms with van der Waals surface area (Å²) in [5, 5.41) is 18.8. The highest BCUT2D eigenvalue weighted by atomic mass is 32.2. The van der Waals surface area contributed by atoms with Crippen LogP contribution in [0.5, 0.6) is 0 Å². The standard InChI is InChI=1S/C33H31F2N7O7S/c1-2-39-14-21(32(46)47)30(44)20-12-22(35)25(13-24(20)39)40-9-7-38(8-10-40)17-42-23-4-3-18(34)11-19(23)29(31(42)45)36-26-5-6-41(33(48)37-26)27-16-50-28(15-43)49-27/h3-6,11-14,27-28,43H,2,7-10,15-17H2,1H3,(H,46,47). The number of aliphatic hydroxyl groups excluding tert-OH is 1. The fraction of sp³-hybridized carbons (Fsp3) is 0.333. The van der Waals surface area contributed by atoms with Gasteiger partial charge in [0.05, 0.1) is 30.2 Å². The van der Waals surface area contributed by atoms with E-state index in [-0.39, 0.29) is 41.4 Å². The molecule has 2 atom stereocenters. The molecule has 2 aromatic carbocycles. The van der Waals surface area contributed by atoms with Crippen molar-refractivity contribution in [3.05, 3.63) is 92.3 Å². The van der Waals surface area contributed by atoms with E-state index >= 15 is 4.39 Å². The molecule has 3 aliphatic heterocycles. The number of thioether (sulfide) groups is 1. The number of hydrogen-bond donors (Lipinski definition) is 2. The van der Waals surface area contributed by atoms with E-state index in [2.05, 4.69) is 9.98 Å². The maximum atomic E-state index is 15.4. The van der Waals surface area contributed by atoms with Crippen LogP contribution in [0.15, 0.2) is 63.4 Å². The lowest BCUT2D eigenvalue weighted by Crippen LogP contribution is -2.51. The molecular weight excluding hydrogens is 676 g/mol. The van der Waals surface area contributed by atoms with E-state index in [9.17, 15) is 33.8 Å². The number of piperazine rings is 1. The second kappa shape index (κ2) is 13.4. The van der Waals surface area contributed by atoms with Crippen LogP contribution in [0.3, 0.4) is 0 Å². The molecular formula is C33H31F2N7O7S. The van der Waals surface area contributed by atoms with Gasteiger partial charge in [0.2, 0.25) is 5.43 Å². The Balaban J connectivity index is 1.09. The number of aliphatic imine (C=N–C) groups is 1. The Morgan fingerprint density at radius 1 is 1.08 bits per heavy atom. The molecule has 0 radical (unpaired) electrons. The number of pyridine rings is 1. The van der Waals surface area contributed by atoms with E-state index < -0.39 is 51.9 Å². The number of nitrogens with zero attached hydrogens (tertiary/aromatic N) is 7. The minimum absolute atomic E-state index is 0.0127. The maximum Gasteiger partial charge on any atom is 0.351 e. The van der Waals surface area contributed by atoms with Gasteiger partial charge in [-0.15, -0.1) is 11.8 Å². The van der Waals surface area contributed by atoms with Crippen LogP contribution in [0.1, 0.15) is 29.1 Å². The molecule has 2 unspecified atom stereocenters. The zero-order valence-electron chi connectivity index (χ0n) is 26.7. The predicted octanol–water partition coefficient (Wildman–Crippen LogP) is 2.38. The van der Waals surface area contributed by atoms with Crippen LogP contribution in [0, 0.1) is 11.6 Å². The molecule has 14 nitrogen and oxygen atoms in total. The molecule has 2 aromatic heterocycles. The third-order valence-electron chi connectivity index (χ3n) is 8.96. The van der Waals surface area contributed by atoms with Gasteiger partial charge in [0, 0.05) is 61.8 Å². The summed E-state index contributed by atoms with van der Waals surface area (Å²) in [5.41, 5.74) is -0.945. The molecule has 0 saturated carbocycles. The minimum atomic E-state index is -1.38. The Morgan fingerprint density at radius 2 is 1.86 bits per heavy atom. The highest BCUT2D eigenvalue weighted by Crippen LogP contribution is 2.33. The zero-order valence-corrected chi connectivity index (χ0v) is 27.5. The van der Waals surface area contributed by atoms with E-state index in [1.807, 2.05) is 9.80 Å². The van der Waals surface area contributed by atoms with Crippen molar-refractivity contribution in [1.29, 1.82) is 0 Å². The Morgan fingerprint density at radius 3 is 2.54 bits per heavy atom. The molecule has 17 heteroatoms. The number of halogens is 2. The highest BCUT2D eigenvalue weighted by Gasteiger charge is 2.36. The second-order valence-corrected chi connectivity index (χ2v) is 13.1. The SMILES string of the molecule is CCn1cc(C(=O)O)c(=O)c2cc(F)c(N3CCN(CN4C(=O)C(=Nc5ccn(C6CSC(CO)O6)c(=O)n5)c5cc(F)ccc54)CC3)cc21. The minimum Gasteiger partial charge on any atom is -0.477 e. The van der Waals surface area contributed by atoms with Crippen molar-refractivity contribution in [2.45, 2.75) is 25.1 Å². The molecule has 4 aromatic rings. The van der Waals surface area contributed by atoms with Gasteiger partial charge in [-0.3, -0.25) is 24.0 Å². The first-order valence-corrected chi connectivity index (χ1v) is 16.9. The number of anilines is 2. The van der Waals surface area contributed by atoms with Gasteiger partial charge in [-0.1, -0.05) is 0 Å². The first-order valence-electron chi connectivity index (χ1n) is 15.8. The average molecular weight is 708 g/mol. The third kappa shape index (κ3) is 6.06. The Bertz CT molecular complexity index is 2180. The van der Waals surface area contributed by atoms with Crippen molar-refractivity contribution in [3.63, 3.8) is 0 Å². The van der Waals surface area contributed by atoms with Crippen molar-refractivity contribution in [3.8, 4) is 0 Å². The number of benzene rings is 2. The molecule has 260 valence electrons. The Labute approximate surface area is 286 Å². The van der Waals surface area contributed by atoms with Crippen LogP contribution in [0.25, 0.3) is 10.9 Å². The molecule has 7 rings (SSSR count). The summed E-state index contributed by atoms with van der Waals surface area (Å²) in [6.45, 7) is 3.74. The molecule has 2 saturated heterocycles. The lowest BCUT2D eigenvalue weighted by Gasteiger charge is -2.38. The Kier molecular flexibility index (Phi) is 8.98. The van der Waals surface area contributed by atoms with Gasteiger partial charge in [-0.05, 0) is 43.3 Å². The zero-order chi connectivity index (χ0) is 35.3. The van der Waals surface area contributed by atoms with Crippen LogP contribution in [0.2, 0.25) is 0 Å². The third-order valence-corrected chi connectivity index (χ3v) is 10.1. The summed E-state index contributed by atoms with van der Waals surface area (Å²) in [4.78, 5) is 64.6. The lowest BCUT2D eigenvalue weighted by atomic mass is 10.1. The van der Waals surface area contributed by atoms with Gasteiger partial charge in [-0.25, -0.2) is 23.4 Å².